The van der Waals surface area contributed by atoms with Crippen LogP contribution in [0.25, 0.3) is 10.9 Å². The van der Waals surface area contributed by atoms with Crippen molar-refractivity contribution in [1.29, 1.82) is 0 Å². The molecule has 1 fully saturated rings. The van der Waals surface area contributed by atoms with Gasteiger partial charge in [-0.3, -0.25) is 9.69 Å². The average Bonchev–Trinajstić information content (AvgIpc) is 2.72. The number of benzene rings is 1. The molecule has 1 aliphatic rings. The molecule has 1 saturated heterocycles. The van der Waals surface area contributed by atoms with Gasteiger partial charge >= 0.3 is 0 Å². The zero-order valence-corrected chi connectivity index (χ0v) is 16.3. The van der Waals surface area contributed by atoms with E-state index in [4.69, 9.17) is 4.98 Å². The van der Waals surface area contributed by atoms with E-state index in [0.717, 1.165) is 37.4 Å². The molecule has 1 unspecified atom stereocenters. The highest BCUT2D eigenvalue weighted by Gasteiger charge is 2.22. The number of likely N-dealkylation sites (tertiary alicyclic amines) is 1. The number of hydrogen-bond donors (Lipinski definition) is 1. The Bertz CT molecular complexity index is 999. The number of fused-ring (bicyclic) bond motifs is 1. The van der Waals surface area contributed by atoms with E-state index in [1.807, 2.05) is 6.07 Å². The van der Waals surface area contributed by atoms with Gasteiger partial charge in [0.2, 0.25) is 0 Å². The molecule has 0 bridgehead atoms. The molecule has 1 aliphatic heterocycles. The molecule has 2 aromatic heterocycles. The van der Waals surface area contributed by atoms with E-state index in [0.29, 0.717) is 12.6 Å². The number of aromatic nitrogens is 3. The van der Waals surface area contributed by atoms with Crippen LogP contribution in [-0.2, 0) is 6.54 Å². The molecule has 146 valence electrons. The van der Waals surface area contributed by atoms with Crippen LogP contribution in [0.3, 0.4) is 0 Å². The molecule has 0 spiro atoms. The summed E-state index contributed by atoms with van der Waals surface area (Å²) in [7, 11) is 0. The number of piperidine rings is 1. The van der Waals surface area contributed by atoms with Crippen molar-refractivity contribution >= 4 is 16.7 Å². The zero-order chi connectivity index (χ0) is 19.3. The lowest BCUT2D eigenvalue weighted by Gasteiger charge is -2.36. The average molecular weight is 377 g/mol. The van der Waals surface area contributed by atoms with Crippen LogP contribution in [0.4, 0.5) is 5.82 Å². The maximum Gasteiger partial charge on any atom is 0.266 e. The highest BCUT2D eigenvalue weighted by atomic mass is 16.1. The van der Waals surface area contributed by atoms with Crippen molar-refractivity contribution in [2.24, 2.45) is 0 Å². The first-order chi connectivity index (χ1) is 13.7. The lowest BCUT2D eigenvalue weighted by atomic mass is 10.0. The number of rotatable bonds is 6. The molecule has 0 radical (unpaired) electrons. The minimum absolute atomic E-state index is 0.0370. The lowest BCUT2D eigenvalue weighted by Crippen LogP contribution is -2.45. The largest absolute Gasteiger partial charge is 0.368 e. The Morgan fingerprint density at radius 3 is 2.93 bits per heavy atom. The lowest BCUT2D eigenvalue weighted by molar-refractivity contribution is 0.148. The minimum Gasteiger partial charge on any atom is -0.368 e. The van der Waals surface area contributed by atoms with Crippen LogP contribution in [0, 0.1) is 6.92 Å². The summed E-state index contributed by atoms with van der Waals surface area (Å²) >= 11 is 0. The van der Waals surface area contributed by atoms with Gasteiger partial charge in [-0.1, -0.05) is 24.6 Å². The molecule has 1 N–H and O–H groups in total. The number of para-hydroxylation sites is 1. The Balaban J connectivity index is 1.41. The topological polar surface area (TPSA) is 63.1 Å². The highest BCUT2D eigenvalue weighted by molar-refractivity contribution is 5.83. The summed E-state index contributed by atoms with van der Waals surface area (Å²) in [6.45, 7) is 5.53. The van der Waals surface area contributed by atoms with Gasteiger partial charge in [0.15, 0.2) is 0 Å². The van der Waals surface area contributed by atoms with E-state index in [2.05, 4.69) is 46.5 Å². The van der Waals surface area contributed by atoms with Gasteiger partial charge in [0.05, 0.1) is 12.1 Å². The van der Waals surface area contributed by atoms with E-state index in [1.165, 1.54) is 23.8 Å². The Kier molecular flexibility index (Phi) is 5.67. The van der Waals surface area contributed by atoms with Crippen LogP contribution in [-0.4, -0.2) is 45.3 Å². The summed E-state index contributed by atoms with van der Waals surface area (Å²) in [5, 5.41) is 8.92. The number of pyridine rings is 1. The van der Waals surface area contributed by atoms with Gasteiger partial charge in [0.25, 0.3) is 5.56 Å². The summed E-state index contributed by atoms with van der Waals surface area (Å²) in [6, 6.07) is 14.1. The van der Waals surface area contributed by atoms with E-state index in [9.17, 15) is 4.79 Å². The zero-order valence-electron chi connectivity index (χ0n) is 16.3. The maximum atomic E-state index is 11.9. The quantitative estimate of drug-likeness (QED) is 0.715. The van der Waals surface area contributed by atoms with Crippen molar-refractivity contribution in [3.63, 3.8) is 0 Å². The van der Waals surface area contributed by atoms with Gasteiger partial charge in [-0.05, 0) is 50.1 Å². The normalized spacial score (nSPS) is 17.7. The second kappa shape index (κ2) is 8.52. The van der Waals surface area contributed by atoms with Crippen molar-refractivity contribution in [1.82, 2.24) is 19.7 Å². The summed E-state index contributed by atoms with van der Waals surface area (Å²) in [5.74, 6) is 0.933. The third-order valence-electron chi connectivity index (χ3n) is 5.58. The Labute approximate surface area is 165 Å². The Hall–Kier alpha value is -2.73. The molecule has 6 heteroatoms. The molecule has 3 heterocycles. The molecule has 0 amide bonds. The first-order valence-corrected chi connectivity index (χ1v) is 10.1. The summed E-state index contributed by atoms with van der Waals surface area (Å²) in [6.07, 6.45) is 5.29. The Morgan fingerprint density at radius 2 is 2.04 bits per heavy atom. The third kappa shape index (κ3) is 4.22. The molecular formula is C22H27N5O. The van der Waals surface area contributed by atoms with Gasteiger partial charge in [0.1, 0.15) is 5.82 Å². The van der Waals surface area contributed by atoms with Crippen molar-refractivity contribution in [2.45, 2.75) is 38.8 Å². The van der Waals surface area contributed by atoms with Crippen LogP contribution in [0.5, 0.6) is 0 Å². The van der Waals surface area contributed by atoms with Crippen molar-refractivity contribution in [2.75, 3.05) is 25.0 Å². The van der Waals surface area contributed by atoms with Gasteiger partial charge < -0.3 is 5.32 Å². The first kappa shape index (κ1) is 18.6. The van der Waals surface area contributed by atoms with Crippen molar-refractivity contribution in [3.8, 4) is 0 Å². The summed E-state index contributed by atoms with van der Waals surface area (Å²) in [5.41, 5.74) is 2.23. The molecular weight excluding hydrogens is 350 g/mol. The molecule has 1 aromatic carbocycles. The molecule has 0 aliphatic carbocycles. The monoisotopic (exact) mass is 377 g/mol. The fourth-order valence-electron chi connectivity index (χ4n) is 4.03. The van der Waals surface area contributed by atoms with Crippen LogP contribution >= 0.6 is 0 Å². The van der Waals surface area contributed by atoms with Crippen LogP contribution < -0.4 is 10.9 Å². The van der Waals surface area contributed by atoms with E-state index < -0.39 is 0 Å². The highest BCUT2D eigenvalue weighted by Crippen LogP contribution is 2.21. The number of nitrogens with one attached hydrogen (secondary N) is 1. The smallest absolute Gasteiger partial charge is 0.266 e. The summed E-state index contributed by atoms with van der Waals surface area (Å²) < 4.78 is 1.55. The predicted molar refractivity (Wildman–Crippen MR) is 113 cm³/mol. The molecule has 0 saturated carbocycles. The van der Waals surface area contributed by atoms with E-state index >= 15 is 0 Å². The van der Waals surface area contributed by atoms with E-state index in [1.54, 1.807) is 23.0 Å². The summed E-state index contributed by atoms with van der Waals surface area (Å²) in [4.78, 5) is 19.1. The fraction of sp³-hybridized carbons (Fsp3) is 0.409. The second-order valence-electron chi connectivity index (χ2n) is 7.49. The third-order valence-corrected chi connectivity index (χ3v) is 5.58. The maximum absolute atomic E-state index is 11.9. The number of nitrogens with zero attached hydrogens (tertiary/aromatic N) is 4. The Morgan fingerprint density at radius 1 is 1.14 bits per heavy atom. The molecule has 3 aromatic rings. The SMILES string of the molecule is Cc1cc(NCC2CCCCN2CCn2ncccc2=O)nc2ccccc12. The predicted octanol–water partition coefficient (Wildman–Crippen LogP) is 3.07. The molecule has 6 nitrogen and oxygen atoms in total. The standard InChI is InChI=1S/C22H27N5O/c1-17-15-21(25-20-9-3-2-8-19(17)20)23-16-18-7-4-5-12-26(18)13-14-27-22(28)10-6-11-24-27/h2-3,6,8-11,15,18H,4-5,7,12-14,16H2,1H3,(H,23,25). The first-order valence-electron chi connectivity index (χ1n) is 10.1. The van der Waals surface area contributed by atoms with Crippen LogP contribution in [0.2, 0.25) is 0 Å². The number of aryl methyl sites for hydroxylation is 1. The minimum atomic E-state index is -0.0370. The van der Waals surface area contributed by atoms with Crippen molar-refractivity contribution in [3.05, 3.63) is 64.6 Å². The van der Waals surface area contributed by atoms with Crippen LogP contribution in [0.1, 0.15) is 24.8 Å². The fourth-order valence-corrected chi connectivity index (χ4v) is 4.03. The molecule has 1 atom stereocenters. The number of hydrogen-bond acceptors (Lipinski definition) is 5. The van der Waals surface area contributed by atoms with Gasteiger partial charge in [0, 0.05) is 36.8 Å². The van der Waals surface area contributed by atoms with Gasteiger partial charge in [-0.25, -0.2) is 9.67 Å². The number of anilines is 1. The van der Waals surface area contributed by atoms with Gasteiger partial charge in [-0.2, -0.15) is 5.10 Å². The molecule has 4 rings (SSSR count). The van der Waals surface area contributed by atoms with Gasteiger partial charge in [-0.15, -0.1) is 0 Å². The second-order valence-corrected chi connectivity index (χ2v) is 7.49. The molecule has 28 heavy (non-hydrogen) atoms. The van der Waals surface area contributed by atoms with E-state index in [-0.39, 0.29) is 5.56 Å². The van der Waals surface area contributed by atoms with Crippen LogP contribution in [0.15, 0.2) is 53.5 Å². The van der Waals surface area contributed by atoms with Crippen molar-refractivity contribution < 1.29 is 0 Å².